The highest BCUT2D eigenvalue weighted by Gasteiger charge is 2.27. The van der Waals surface area contributed by atoms with E-state index in [-0.39, 0.29) is 5.91 Å². The molecule has 1 fully saturated rings. The molecule has 1 saturated heterocycles. The van der Waals surface area contributed by atoms with E-state index in [0.29, 0.717) is 26.1 Å². The van der Waals surface area contributed by atoms with Crippen LogP contribution in [-0.2, 0) is 16.0 Å². The first-order chi connectivity index (χ1) is 9.70. The van der Waals surface area contributed by atoms with Gasteiger partial charge in [0.15, 0.2) is 6.10 Å². The maximum Gasteiger partial charge on any atom is 0.239 e. The summed E-state index contributed by atoms with van der Waals surface area (Å²) in [5.74, 6) is -0.0931. The Balaban J connectivity index is 1.84. The minimum atomic E-state index is -0.533. The molecule has 2 rings (SSSR count). The molecule has 1 aliphatic heterocycles. The molecule has 5 heteroatoms. The number of benzene rings is 1. The summed E-state index contributed by atoms with van der Waals surface area (Å²) in [5.41, 5.74) is 7.14. The summed E-state index contributed by atoms with van der Waals surface area (Å²) in [6.45, 7) is 1.22. The fourth-order valence-corrected chi connectivity index (χ4v) is 2.25. The Bertz CT molecular complexity index is 484. The van der Waals surface area contributed by atoms with Crippen molar-refractivity contribution in [3.05, 3.63) is 35.9 Å². The van der Waals surface area contributed by atoms with Gasteiger partial charge < -0.3 is 15.4 Å². The lowest BCUT2D eigenvalue weighted by Crippen LogP contribution is -2.51. The van der Waals surface area contributed by atoms with E-state index >= 15 is 0 Å². The second kappa shape index (κ2) is 7.04. The van der Waals surface area contributed by atoms with Gasteiger partial charge in [-0.2, -0.15) is 5.26 Å². The predicted octanol–water partition coefficient (Wildman–Crippen LogP) is 0.697. The third-order valence-corrected chi connectivity index (χ3v) is 3.43. The Labute approximate surface area is 118 Å². The number of aryl methyl sites for hydroxylation is 1. The number of carbonyl (C=O) groups excluding carboxylic acids is 1. The van der Waals surface area contributed by atoms with Crippen molar-refractivity contribution in [2.24, 2.45) is 5.73 Å². The number of nitrogens with two attached hydrogens (primary N) is 1. The van der Waals surface area contributed by atoms with Crippen LogP contribution in [0.1, 0.15) is 12.0 Å². The third kappa shape index (κ3) is 3.80. The molecule has 1 unspecified atom stereocenters. The topological polar surface area (TPSA) is 79.4 Å². The second-order valence-corrected chi connectivity index (χ2v) is 4.90. The first kappa shape index (κ1) is 14.5. The third-order valence-electron chi connectivity index (χ3n) is 3.43. The number of carbonyl (C=O) groups is 1. The van der Waals surface area contributed by atoms with Gasteiger partial charge >= 0.3 is 0 Å². The molecule has 0 radical (unpaired) electrons. The number of rotatable bonds is 4. The lowest BCUT2D eigenvalue weighted by Gasteiger charge is -2.31. The summed E-state index contributed by atoms with van der Waals surface area (Å²) in [6, 6.07) is 11.5. The van der Waals surface area contributed by atoms with Gasteiger partial charge in [-0.25, -0.2) is 0 Å². The summed E-state index contributed by atoms with van der Waals surface area (Å²) in [7, 11) is 0. The molecule has 0 spiro atoms. The van der Waals surface area contributed by atoms with Crippen molar-refractivity contribution in [1.82, 2.24) is 4.90 Å². The number of hydrogen-bond donors (Lipinski definition) is 1. The van der Waals surface area contributed by atoms with Gasteiger partial charge in [0.1, 0.15) is 0 Å². The molecular weight excluding hydrogens is 254 g/mol. The Morgan fingerprint density at radius 3 is 2.95 bits per heavy atom. The molecule has 20 heavy (non-hydrogen) atoms. The maximum atomic E-state index is 12.2. The van der Waals surface area contributed by atoms with Crippen molar-refractivity contribution >= 4 is 5.91 Å². The Morgan fingerprint density at radius 2 is 2.25 bits per heavy atom. The van der Waals surface area contributed by atoms with Gasteiger partial charge in [0, 0.05) is 6.54 Å². The molecule has 1 amide bonds. The zero-order valence-electron chi connectivity index (χ0n) is 11.4. The van der Waals surface area contributed by atoms with Crippen LogP contribution in [-0.4, -0.2) is 42.6 Å². The van der Waals surface area contributed by atoms with Gasteiger partial charge in [0.2, 0.25) is 5.91 Å². The highest BCUT2D eigenvalue weighted by Crippen LogP contribution is 2.09. The highest BCUT2D eigenvalue weighted by atomic mass is 16.5. The van der Waals surface area contributed by atoms with E-state index in [1.807, 2.05) is 36.4 Å². The van der Waals surface area contributed by atoms with E-state index in [1.165, 1.54) is 5.56 Å². The number of hydrogen-bond acceptors (Lipinski definition) is 4. The standard InChI is InChI=1S/C15H19N3O2/c16-10-13-11-18(8-9-20-13)15(19)14(17)7-6-12-4-2-1-3-5-12/h1-5,13-14H,6-9,11,17H2/t13?,14-/m0/s1. The van der Waals surface area contributed by atoms with Crippen molar-refractivity contribution in [3.8, 4) is 6.07 Å². The largest absolute Gasteiger partial charge is 0.360 e. The van der Waals surface area contributed by atoms with Crippen LogP contribution >= 0.6 is 0 Å². The zero-order chi connectivity index (χ0) is 14.4. The first-order valence-corrected chi connectivity index (χ1v) is 6.80. The summed E-state index contributed by atoms with van der Waals surface area (Å²) >= 11 is 0. The highest BCUT2D eigenvalue weighted by molar-refractivity contribution is 5.81. The molecule has 1 aromatic rings. The fourth-order valence-electron chi connectivity index (χ4n) is 2.25. The van der Waals surface area contributed by atoms with Gasteiger partial charge in [0.05, 0.1) is 25.3 Å². The van der Waals surface area contributed by atoms with Crippen molar-refractivity contribution in [3.63, 3.8) is 0 Å². The van der Waals surface area contributed by atoms with Crippen LogP contribution in [0.4, 0.5) is 0 Å². The number of ether oxygens (including phenoxy) is 1. The van der Waals surface area contributed by atoms with Gasteiger partial charge in [-0.15, -0.1) is 0 Å². The van der Waals surface area contributed by atoms with E-state index in [4.69, 9.17) is 15.7 Å². The SMILES string of the molecule is N#CC1CN(C(=O)[C@@H](N)CCc2ccccc2)CCO1. The normalized spacial score (nSPS) is 20.2. The molecule has 0 bridgehead atoms. The van der Waals surface area contributed by atoms with Crippen LogP contribution in [0.25, 0.3) is 0 Å². The summed E-state index contributed by atoms with van der Waals surface area (Å²) < 4.78 is 5.22. The van der Waals surface area contributed by atoms with E-state index in [9.17, 15) is 4.79 Å². The molecule has 0 aromatic heterocycles. The average molecular weight is 273 g/mol. The van der Waals surface area contributed by atoms with Gasteiger partial charge in [-0.3, -0.25) is 4.79 Å². The first-order valence-electron chi connectivity index (χ1n) is 6.80. The summed E-state index contributed by atoms with van der Waals surface area (Å²) in [5, 5.41) is 8.84. The summed E-state index contributed by atoms with van der Waals surface area (Å²) in [6.07, 6.45) is 0.853. The van der Waals surface area contributed by atoms with E-state index in [2.05, 4.69) is 0 Å². The smallest absolute Gasteiger partial charge is 0.239 e. The lowest BCUT2D eigenvalue weighted by atomic mass is 10.0. The van der Waals surface area contributed by atoms with Crippen molar-refractivity contribution in [2.45, 2.75) is 25.0 Å². The monoisotopic (exact) mass is 273 g/mol. The number of nitrogens with zero attached hydrogens (tertiary/aromatic N) is 2. The van der Waals surface area contributed by atoms with Crippen LogP contribution in [0.3, 0.4) is 0 Å². The Morgan fingerprint density at radius 1 is 1.50 bits per heavy atom. The Kier molecular flexibility index (Phi) is 5.10. The van der Waals surface area contributed by atoms with Crippen molar-refractivity contribution in [1.29, 1.82) is 5.26 Å². The molecule has 0 aliphatic carbocycles. The van der Waals surface area contributed by atoms with E-state index in [1.54, 1.807) is 4.90 Å². The van der Waals surface area contributed by atoms with Crippen LogP contribution in [0.15, 0.2) is 30.3 Å². The minimum Gasteiger partial charge on any atom is -0.360 e. The quantitative estimate of drug-likeness (QED) is 0.875. The number of morpholine rings is 1. The maximum absolute atomic E-state index is 12.2. The van der Waals surface area contributed by atoms with Crippen LogP contribution in [0.5, 0.6) is 0 Å². The molecule has 106 valence electrons. The van der Waals surface area contributed by atoms with Crippen LogP contribution in [0, 0.1) is 11.3 Å². The number of nitriles is 1. The molecule has 1 aliphatic rings. The molecule has 2 atom stereocenters. The van der Waals surface area contributed by atoms with Crippen molar-refractivity contribution < 1.29 is 9.53 Å². The molecule has 1 heterocycles. The van der Waals surface area contributed by atoms with Crippen LogP contribution in [0.2, 0.25) is 0 Å². The predicted molar refractivity (Wildman–Crippen MR) is 74.7 cm³/mol. The zero-order valence-corrected chi connectivity index (χ0v) is 11.4. The van der Waals surface area contributed by atoms with Gasteiger partial charge in [-0.05, 0) is 18.4 Å². The molecule has 0 saturated carbocycles. The second-order valence-electron chi connectivity index (χ2n) is 4.90. The Hall–Kier alpha value is -1.90. The average Bonchev–Trinajstić information content (AvgIpc) is 2.53. The van der Waals surface area contributed by atoms with E-state index in [0.717, 1.165) is 6.42 Å². The van der Waals surface area contributed by atoms with E-state index < -0.39 is 12.1 Å². The van der Waals surface area contributed by atoms with Gasteiger partial charge in [-0.1, -0.05) is 30.3 Å². The lowest BCUT2D eigenvalue weighted by molar-refractivity contribution is -0.138. The van der Waals surface area contributed by atoms with Gasteiger partial charge in [0.25, 0.3) is 0 Å². The molecular formula is C15H19N3O2. The minimum absolute atomic E-state index is 0.0931. The molecule has 2 N–H and O–H groups in total. The van der Waals surface area contributed by atoms with Crippen LogP contribution < -0.4 is 5.73 Å². The molecule has 1 aromatic carbocycles. The summed E-state index contributed by atoms with van der Waals surface area (Å²) in [4.78, 5) is 13.8. The molecule has 5 nitrogen and oxygen atoms in total. The van der Waals surface area contributed by atoms with Crippen molar-refractivity contribution in [2.75, 3.05) is 19.7 Å². The number of amides is 1. The fraction of sp³-hybridized carbons (Fsp3) is 0.467.